The Balaban J connectivity index is 2.33. The van der Waals surface area contributed by atoms with Gasteiger partial charge in [0.05, 0.1) is 4.90 Å². The van der Waals surface area contributed by atoms with Gasteiger partial charge in [0.25, 0.3) is 10.0 Å². The highest BCUT2D eigenvalue weighted by atomic mass is 32.2. The topological polar surface area (TPSA) is 64.0 Å². The van der Waals surface area contributed by atoms with E-state index in [0.717, 1.165) is 6.07 Å². The number of hydrogen-bond acceptors (Lipinski definition) is 3. The molecule has 18 heavy (non-hydrogen) atoms. The maximum absolute atomic E-state index is 13.3. The van der Waals surface area contributed by atoms with Crippen LogP contribution in [0.1, 0.15) is 5.56 Å². The monoisotopic (exact) mass is 269 g/mol. The Morgan fingerprint density at radius 2 is 2.06 bits per heavy atom. The lowest BCUT2D eigenvalue weighted by atomic mass is 10.2. The normalized spacial score (nSPS) is 11.5. The molecule has 1 heterocycles. The minimum absolute atomic E-state index is 0.128. The quantitative estimate of drug-likeness (QED) is 0.921. The molecule has 0 bridgehead atoms. The summed E-state index contributed by atoms with van der Waals surface area (Å²) < 4.78 is 41.0. The summed E-state index contributed by atoms with van der Waals surface area (Å²) in [5.41, 5.74) is 0.395. The van der Waals surface area contributed by atoms with E-state index in [1.54, 1.807) is 20.2 Å². The maximum Gasteiger partial charge on any atom is 0.263 e. The van der Waals surface area contributed by atoms with E-state index >= 15 is 0 Å². The minimum atomic E-state index is -3.81. The summed E-state index contributed by atoms with van der Waals surface area (Å²) in [5, 5.41) is 3.89. The predicted octanol–water partition coefficient (Wildman–Crippen LogP) is 1.67. The molecule has 0 atom stereocenters. The van der Waals surface area contributed by atoms with E-state index in [4.69, 9.17) is 0 Å². The lowest BCUT2D eigenvalue weighted by molar-refractivity contribution is 0.593. The maximum atomic E-state index is 13.3. The molecule has 0 radical (unpaired) electrons. The smallest absolute Gasteiger partial charge is 0.263 e. The Morgan fingerprint density at radius 1 is 1.33 bits per heavy atom. The van der Waals surface area contributed by atoms with Crippen LogP contribution in [-0.2, 0) is 17.1 Å². The molecule has 0 aliphatic carbocycles. The average molecular weight is 269 g/mol. The second-order valence-corrected chi connectivity index (χ2v) is 5.57. The Hall–Kier alpha value is -1.89. The van der Waals surface area contributed by atoms with Crippen LogP contribution in [0.4, 0.5) is 10.2 Å². The third kappa shape index (κ3) is 2.51. The van der Waals surface area contributed by atoms with Crippen molar-refractivity contribution in [2.45, 2.75) is 11.8 Å². The molecule has 2 rings (SSSR count). The highest BCUT2D eigenvalue weighted by Gasteiger charge is 2.16. The Bertz CT molecular complexity index is 679. The fourth-order valence-electron chi connectivity index (χ4n) is 1.41. The van der Waals surface area contributed by atoms with Gasteiger partial charge in [0.15, 0.2) is 5.82 Å². The second kappa shape index (κ2) is 4.41. The molecule has 5 nitrogen and oxygen atoms in total. The summed E-state index contributed by atoms with van der Waals surface area (Å²) in [6.45, 7) is 1.57. The lowest BCUT2D eigenvalue weighted by Gasteiger charge is -2.06. The van der Waals surface area contributed by atoms with E-state index < -0.39 is 15.8 Å². The van der Waals surface area contributed by atoms with Crippen LogP contribution in [0.5, 0.6) is 0 Å². The molecule has 0 spiro atoms. The molecule has 0 aliphatic rings. The molecule has 1 aromatic heterocycles. The number of aromatic nitrogens is 2. The summed E-state index contributed by atoms with van der Waals surface area (Å²) in [6.07, 6.45) is 1.60. The Labute approximate surface area is 104 Å². The zero-order valence-electron chi connectivity index (χ0n) is 9.88. The van der Waals surface area contributed by atoms with Crippen LogP contribution in [0, 0.1) is 12.7 Å². The molecule has 96 valence electrons. The molecule has 2 aromatic rings. The number of nitrogens with zero attached hydrogens (tertiary/aromatic N) is 2. The number of hydrogen-bond donors (Lipinski definition) is 1. The number of benzene rings is 1. The molecule has 7 heteroatoms. The van der Waals surface area contributed by atoms with Crippen LogP contribution in [0.25, 0.3) is 0 Å². The zero-order valence-corrected chi connectivity index (χ0v) is 10.7. The molecular formula is C11H12FN3O2S. The van der Waals surface area contributed by atoms with Crippen LogP contribution in [0.3, 0.4) is 0 Å². The van der Waals surface area contributed by atoms with Crippen molar-refractivity contribution in [1.29, 1.82) is 0 Å². The van der Waals surface area contributed by atoms with Gasteiger partial charge in [-0.2, -0.15) is 5.10 Å². The van der Waals surface area contributed by atoms with Crippen molar-refractivity contribution in [3.63, 3.8) is 0 Å². The van der Waals surface area contributed by atoms with Crippen LogP contribution >= 0.6 is 0 Å². The van der Waals surface area contributed by atoms with E-state index in [1.165, 1.54) is 22.9 Å². The van der Waals surface area contributed by atoms with Crippen LogP contribution in [0.15, 0.2) is 35.4 Å². The van der Waals surface area contributed by atoms with E-state index in [9.17, 15) is 12.8 Å². The largest absolute Gasteiger partial charge is 0.274 e. The summed E-state index contributed by atoms with van der Waals surface area (Å²) in [5.74, 6) is -0.364. The zero-order chi connectivity index (χ0) is 13.3. The first-order valence-corrected chi connectivity index (χ1v) is 6.65. The summed E-state index contributed by atoms with van der Waals surface area (Å²) in [4.78, 5) is -0.128. The van der Waals surface area contributed by atoms with Gasteiger partial charge in [-0.25, -0.2) is 12.8 Å². The molecule has 1 aromatic carbocycles. The fourth-order valence-corrected chi connectivity index (χ4v) is 2.41. The number of sulfonamides is 1. The molecule has 0 fully saturated rings. The van der Waals surface area contributed by atoms with E-state index in [-0.39, 0.29) is 10.7 Å². The van der Waals surface area contributed by atoms with Crippen LogP contribution in [0.2, 0.25) is 0 Å². The molecule has 0 saturated heterocycles. The van der Waals surface area contributed by atoms with E-state index in [1.807, 2.05) is 0 Å². The minimum Gasteiger partial charge on any atom is -0.274 e. The summed E-state index contributed by atoms with van der Waals surface area (Å²) >= 11 is 0. The van der Waals surface area contributed by atoms with Gasteiger partial charge in [-0.3, -0.25) is 9.40 Å². The van der Waals surface area contributed by atoms with Crippen LogP contribution < -0.4 is 4.72 Å². The van der Waals surface area contributed by atoms with Crippen molar-refractivity contribution >= 4 is 15.8 Å². The van der Waals surface area contributed by atoms with E-state index in [0.29, 0.717) is 5.56 Å². The Kier molecular flexibility index (Phi) is 3.08. The summed E-state index contributed by atoms with van der Waals surface area (Å²) in [7, 11) is -2.14. The SMILES string of the molecule is Cc1ccc(S(=O)(=O)Nc2ccn(C)n2)cc1F. The molecule has 0 amide bonds. The van der Waals surface area contributed by atoms with Gasteiger partial charge in [-0.05, 0) is 24.6 Å². The average Bonchev–Trinajstić information content (AvgIpc) is 2.67. The van der Waals surface area contributed by atoms with Crippen molar-refractivity contribution in [3.05, 3.63) is 41.8 Å². The van der Waals surface area contributed by atoms with Crippen molar-refractivity contribution in [2.75, 3.05) is 4.72 Å². The summed E-state index contributed by atoms with van der Waals surface area (Å²) in [6, 6.07) is 5.27. The number of anilines is 1. The van der Waals surface area contributed by atoms with Crippen LogP contribution in [-0.4, -0.2) is 18.2 Å². The van der Waals surface area contributed by atoms with Gasteiger partial charge >= 0.3 is 0 Å². The standard InChI is InChI=1S/C11H12FN3O2S/c1-8-3-4-9(7-10(8)12)18(16,17)14-11-5-6-15(2)13-11/h3-7H,1-2H3,(H,13,14). The number of halogens is 1. The lowest BCUT2D eigenvalue weighted by Crippen LogP contribution is -2.14. The molecule has 0 aliphatic heterocycles. The van der Waals surface area contributed by atoms with Gasteiger partial charge in [0.2, 0.25) is 0 Å². The molecular weight excluding hydrogens is 257 g/mol. The second-order valence-electron chi connectivity index (χ2n) is 3.89. The van der Waals surface area contributed by atoms with Gasteiger partial charge in [0, 0.05) is 19.3 Å². The Morgan fingerprint density at radius 3 is 2.61 bits per heavy atom. The molecule has 1 N–H and O–H groups in total. The first-order valence-electron chi connectivity index (χ1n) is 5.17. The molecule has 0 saturated carbocycles. The van der Waals surface area contributed by atoms with Crippen molar-refractivity contribution < 1.29 is 12.8 Å². The highest BCUT2D eigenvalue weighted by molar-refractivity contribution is 7.92. The van der Waals surface area contributed by atoms with Gasteiger partial charge in [-0.1, -0.05) is 6.07 Å². The first-order chi connectivity index (χ1) is 8.38. The number of aryl methyl sites for hydroxylation is 2. The van der Waals surface area contributed by atoms with Crippen molar-refractivity contribution in [2.24, 2.45) is 7.05 Å². The van der Waals surface area contributed by atoms with Crippen molar-refractivity contribution in [3.8, 4) is 0 Å². The third-order valence-electron chi connectivity index (χ3n) is 2.41. The number of nitrogens with one attached hydrogen (secondary N) is 1. The third-order valence-corrected chi connectivity index (χ3v) is 3.76. The van der Waals surface area contributed by atoms with E-state index in [2.05, 4.69) is 9.82 Å². The highest BCUT2D eigenvalue weighted by Crippen LogP contribution is 2.17. The van der Waals surface area contributed by atoms with Crippen molar-refractivity contribution in [1.82, 2.24) is 9.78 Å². The van der Waals surface area contributed by atoms with Gasteiger partial charge in [0.1, 0.15) is 5.82 Å². The number of rotatable bonds is 3. The van der Waals surface area contributed by atoms with Gasteiger partial charge in [-0.15, -0.1) is 0 Å². The first kappa shape index (κ1) is 12.6. The predicted molar refractivity (Wildman–Crippen MR) is 65.2 cm³/mol. The van der Waals surface area contributed by atoms with Gasteiger partial charge < -0.3 is 0 Å². The molecule has 0 unspecified atom stereocenters. The fraction of sp³-hybridized carbons (Fsp3) is 0.182.